The predicted octanol–water partition coefficient (Wildman–Crippen LogP) is -1.65. The molecule has 0 aromatic heterocycles. The van der Waals surface area contributed by atoms with Crippen LogP contribution in [0, 0.1) is 0 Å². The van der Waals surface area contributed by atoms with Gasteiger partial charge < -0.3 is 30.2 Å². The Bertz CT molecular complexity index is 130. The van der Waals surface area contributed by atoms with E-state index >= 15 is 0 Å². The Morgan fingerprint density at radius 2 is 1.44 bits per heavy atom. The van der Waals surface area contributed by atoms with Crippen molar-refractivity contribution in [1.82, 2.24) is 0 Å². The van der Waals surface area contributed by atoms with Gasteiger partial charge in [0.1, 0.15) is 6.10 Å². The smallest absolute Gasteiger partial charge is 0.100 e. The molecule has 6 nitrogen and oxygen atoms in total. The van der Waals surface area contributed by atoms with Crippen LogP contribution in [0.5, 0.6) is 0 Å². The van der Waals surface area contributed by atoms with Crippen molar-refractivity contribution in [3.05, 3.63) is 0 Å². The van der Waals surface area contributed by atoms with E-state index in [0.717, 1.165) is 0 Å². The van der Waals surface area contributed by atoms with Crippen LogP contribution in [0.1, 0.15) is 0 Å². The van der Waals surface area contributed by atoms with Gasteiger partial charge in [0.15, 0.2) is 0 Å². The summed E-state index contributed by atoms with van der Waals surface area (Å²) < 4.78 is 15.3. The molecule has 0 aliphatic rings. The van der Waals surface area contributed by atoms with Gasteiger partial charge in [-0.3, -0.25) is 0 Å². The molecule has 101 valence electrons. The average molecular weight is 415 g/mol. The van der Waals surface area contributed by atoms with Gasteiger partial charge in [-0.15, -0.1) is 0 Å². The summed E-state index contributed by atoms with van der Waals surface area (Å²) in [6.07, 6.45) is -0.808. The summed E-state index contributed by atoms with van der Waals surface area (Å²) in [7, 11) is 0. The summed E-state index contributed by atoms with van der Waals surface area (Å²) in [6.45, 7) is 2.78. The van der Waals surface area contributed by atoms with Crippen molar-refractivity contribution in [3.63, 3.8) is 0 Å². The minimum Gasteiger partial charge on any atom is -0.394 e. The van der Waals surface area contributed by atoms with Gasteiger partial charge in [-0.1, -0.05) is 0 Å². The summed E-state index contributed by atoms with van der Waals surface area (Å²) in [5.41, 5.74) is 5.22. The molecule has 16 heavy (non-hydrogen) atoms. The molecular formula is C9H21IrNO5. The number of rotatable bonds is 11. The average Bonchev–Trinajstić information content (AvgIpc) is 2.26. The molecule has 0 rings (SSSR count). The zero-order valence-corrected chi connectivity index (χ0v) is 11.7. The van der Waals surface area contributed by atoms with Crippen LogP contribution in [0.15, 0.2) is 0 Å². The van der Waals surface area contributed by atoms with Crippen molar-refractivity contribution in [3.8, 4) is 0 Å². The number of ether oxygens (including phenoxy) is 3. The van der Waals surface area contributed by atoms with E-state index in [2.05, 4.69) is 0 Å². The first kappa shape index (κ1) is 18.8. The molecule has 0 fully saturated rings. The molecule has 1 radical (unpaired) electrons. The van der Waals surface area contributed by atoms with Crippen molar-refractivity contribution in [2.24, 2.45) is 5.73 Å². The Balaban J connectivity index is 0. The van der Waals surface area contributed by atoms with Gasteiger partial charge in [0, 0.05) is 26.7 Å². The maximum atomic E-state index is 8.91. The number of hydrogen-bond acceptors (Lipinski definition) is 6. The molecule has 0 saturated heterocycles. The third kappa shape index (κ3) is 14.4. The van der Waals surface area contributed by atoms with E-state index in [1.165, 1.54) is 0 Å². The van der Waals surface area contributed by atoms with E-state index in [0.29, 0.717) is 39.6 Å². The molecule has 0 aromatic rings. The van der Waals surface area contributed by atoms with Crippen LogP contribution >= 0.6 is 0 Å². The maximum Gasteiger partial charge on any atom is 0.100 e. The van der Waals surface area contributed by atoms with Crippen LogP contribution in [-0.2, 0) is 34.3 Å². The zero-order chi connectivity index (χ0) is 11.4. The largest absolute Gasteiger partial charge is 0.394 e. The summed E-state index contributed by atoms with van der Waals surface area (Å²) in [5.74, 6) is 0. The number of hydrogen-bond donors (Lipinski definition) is 3. The molecule has 0 amide bonds. The molecule has 0 aliphatic carbocycles. The molecule has 4 N–H and O–H groups in total. The topological polar surface area (TPSA) is 94.2 Å². The van der Waals surface area contributed by atoms with Crippen LogP contribution in [0.2, 0.25) is 0 Å². The Kier molecular flexibility index (Phi) is 18.1. The van der Waals surface area contributed by atoms with Gasteiger partial charge in [0.25, 0.3) is 0 Å². The van der Waals surface area contributed by atoms with Gasteiger partial charge in [-0.25, -0.2) is 0 Å². The quantitative estimate of drug-likeness (QED) is 0.350. The summed E-state index contributed by atoms with van der Waals surface area (Å²) >= 11 is 0. The van der Waals surface area contributed by atoms with Crippen molar-refractivity contribution >= 4 is 0 Å². The van der Waals surface area contributed by atoms with Gasteiger partial charge in [-0.05, 0) is 0 Å². The minimum atomic E-state index is -0.808. The molecule has 0 spiro atoms. The molecule has 0 heterocycles. The van der Waals surface area contributed by atoms with Crippen molar-refractivity contribution in [2.75, 3.05) is 52.8 Å². The molecule has 1 unspecified atom stereocenters. The van der Waals surface area contributed by atoms with Crippen molar-refractivity contribution in [2.45, 2.75) is 6.10 Å². The second kappa shape index (κ2) is 15.4. The molecular weight excluding hydrogens is 394 g/mol. The van der Waals surface area contributed by atoms with Crippen LogP contribution in [0.25, 0.3) is 0 Å². The molecule has 1 atom stereocenters. The summed E-state index contributed by atoms with van der Waals surface area (Å²) in [5, 5.41) is 17.4. The van der Waals surface area contributed by atoms with Crippen molar-refractivity contribution in [1.29, 1.82) is 0 Å². The predicted molar refractivity (Wildman–Crippen MR) is 54.6 cm³/mol. The fourth-order valence-corrected chi connectivity index (χ4v) is 0.795. The summed E-state index contributed by atoms with van der Waals surface area (Å²) in [4.78, 5) is 0. The van der Waals surface area contributed by atoms with Gasteiger partial charge in [-0.2, -0.15) is 0 Å². The fraction of sp³-hybridized carbons (Fsp3) is 1.00. The fourth-order valence-electron chi connectivity index (χ4n) is 0.795. The van der Waals surface area contributed by atoms with E-state index < -0.39 is 6.10 Å². The molecule has 0 bridgehead atoms. The third-order valence-corrected chi connectivity index (χ3v) is 1.53. The Labute approximate surface area is 109 Å². The third-order valence-electron chi connectivity index (χ3n) is 1.53. The monoisotopic (exact) mass is 416 g/mol. The SMILES string of the molecule is NCCOCCOCCOCC(O)CO.[Ir]. The maximum absolute atomic E-state index is 8.91. The first-order valence-electron chi connectivity index (χ1n) is 5.03. The minimum absolute atomic E-state index is 0. The zero-order valence-electron chi connectivity index (χ0n) is 9.26. The molecule has 0 saturated carbocycles. The second-order valence-corrected chi connectivity index (χ2v) is 2.92. The Morgan fingerprint density at radius 1 is 0.938 bits per heavy atom. The van der Waals surface area contributed by atoms with E-state index in [1.54, 1.807) is 0 Å². The first-order chi connectivity index (χ1) is 7.31. The van der Waals surface area contributed by atoms with Crippen LogP contribution in [-0.4, -0.2) is 69.1 Å². The van der Waals surface area contributed by atoms with E-state index in [-0.39, 0.29) is 33.3 Å². The number of aliphatic hydroxyl groups excluding tert-OH is 2. The van der Waals surface area contributed by atoms with Crippen molar-refractivity contribution < 1.29 is 44.5 Å². The Morgan fingerprint density at radius 3 is 1.94 bits per heavy atom. The first-order valence-corrected chi connectivity index (χ1v) is 5.03. The Hall–Kier alpha value is 0.409. The van der Waals surface area contributed by atoms with E-state index in [9.17, 15) is 0 Å². The molecule has 0 aliphatic heterocycles. The summed E-state index contributed by atoms with van der Waals surface area (Å²) in [6, 6.07) is 0. The van der Waals surface area contributed by atoms with Crippen LogP contribution < -0.4 is 5.73 Å². The van der Waals surface area contributed by atoms with Gasteiger partial charge in [0.2, 0.25) is 0 Å². The molecule has 7 heteroatoms. The van der Waals surface area contributed by atoms with Crippen LogP contribution in [0.4, 0.5) is 0 Å². The van der Waals surface area contributed by atoms with Crippen LogP contribution in [0.3, 0.4) is 0 Å². The standard InChI is InChI=1S/C9H21NO5.Ir/c10-1-2-13-3-4-14-5-6-15-8-9(12)7-11;/h9,11-12H,1-8,10H2;. The normalized spacial score (nSPS) is 12.2. The molecule has 0 aromatic carbocycles. The van der Waals surface area contributed by atoms with E-state index in [4.69, 9.17) is 30.2 Å². The number of nitrogens with two attached hydrogens (primary N) is 1. The van der Waals surface area contributed by atoms with Gasteiger partial charge >= 0.3 is 0 Å². The van der Waals surface area contributed by atoms with Gasteiger partial charge in [0.05, 0.1) is 46.2 Å². The number of aliphatic hydroxyl groups is 2. The second-order valence-electron chi connectivity index (χ2n) is 2.92. The van der Waals surface area contributed by atoms with E-state index in [1.807, 2.05) is 0 Å².